The van der Waals surface area contributed by atoms with E-state index in [9.17, 15) is 18.3 Å². The number of imidazole rings is 1. The Kier molecular flexibility index (Phi) is 6.28. The van der Waals surface area contributed by atoms with Gasteiger partial charge in [0.2, 0.25) is 0 Å². The van der Waals surface area contributed by atoms with Gasteiger partial charge in [0.1, 0.15) is 11.6 Å². The van der Waals surface area contributed by atoms with Gasteiger partial charge in [0.05, 0.1) is 47.6 Å². The first kappa shape index (κ1) is 24.2. The van der Waals surface area contributed by atoms with Crippen LogP contribution < -0.4 is 10.2 Å². The lowest BCUT2D eigenvalue weighted by Crippen LogP contribution is -2.59. The Morgan fingerprint density at radius 3 is 2.57 bits per heavy atom. The van der Waals surface area contributed by atoms with Crippen molar-refractivity contribution in [2.75, 3.05) is 31.2 Å². The average molecular weight is 530 g/mol. The van der Waals surface area contributed by atoms with Gasteiger partial charge in [-0.05, 0) is 30.2 Å². The zero-order valence-electron chi connectivity index (χ0n) is 19.5. The molecular formula is C26H23ClF3N5O2. The van der Waals surface area contributed by atoms with Gasteiger partial charge in [-0.1, -0.05) is 11.6 Å². The van der Waals surface area contributed by atoms with Gasteiger partial charge in [0.15, 0.2) is 11.6 Å². The normalized spacial score (nSPS) is 20.4. The summed E-state index contributed by atoms with van der Waals surface area (Å²) in [6.45, 7) is 2.12. The van der Waals surface area contributed by atoms with Crippen LogP contribution in [0.5, 0.6) is 0 Å². The van der Waals surface area contributed by atoms with Crippen LogP contribution in [0.1, 0.15) is 6.42 Å². The van der Waals surface area contributed by atoms with Crippen molar-refractivity contribution in [3.05, 3.63) is 65.2 Å². The molecule has 0 spiro atoms. The van der Waals surface area contributed by atoms with Gasteiger partial charge in [-0.25, -0.2) is 18.2 Å². The fourth-order valence-electron chi connectivity index (χ4n) is 4.98. The number of piperidine rings is 1. The van der Waals surface area contributed by atoms with Crippen molar-refractivity contribution in [1.82, 2.24) is 20.3 Å². The highest BCUT2D eigenvalue weighted by Gasteiger charge is 2.33. The summed E-state index contributed by atoms with van der Waals surface area (Å²) < 4.78 is 47.3. The number of aromatic nitrogens is 3. The number of nitrogens with zero attached hydrogens (tertiary/aromatic N) is 3. The van der Waals surface area contributed by atoms with E-state index in [0.717, 1.165) is 12.1 Å². The zero-order valence-corrected chi connectivity index (χ0v) is 20.3. The smallest absolute Gasteiger partial charge is 0.161 e. The zero-order chi connectivity index (χ0) is 25.7. The molecule has 2 aliphatic rings. The van der Waals surface area contributed by atoms with Crippen LogP contribution in [0.3, 0.4) is 0 Å². The van der Waals surface area contributed by atoms with Gasteiger partial charge < -0.3 is 25.0 Å². The van der Waals surface area contributed by atoms with Crippen LogP contribution in [-0.4, -0.2) is 64.5 Å². The third-order valence-corrected chi connectivity index (χ3v) is 7.07. The fraction of sp³-hybridized carbons (Fsp3) is 0.308. The molecular weight excluding hydrogens is 507 g/mol. The molecule has 0 aliphatic carbocycles. The first-order valence-electron chi connectivity index (χ1n) is 11.9. The Morgan fingerprint density at radius 1 is 1.05 bits per heavy atom. The van der Waals surface area contributed by atoms with E-state index in [2.05, 4.69) is 20.3 Å². The predicted octanol–water partition coefficient (Wildman–Crippen LogP) is 4.29. The topological polar surface area (TPSA) is 86.3 Å². The number of β-amino-alcohol motifs (C(OH)–C–C–N with tert-alkyl or cyclic N) is 1. The SMILES string of the molecule is O[C@H]1CN(c2c(-c3cc(F)cc(Cl)c3)cncc2-c2nc3cc(F)c(F)cc3[nH]2)CC[C@H]1NC1COC1. The molecule has 0 radical (unpaired) electrons. The van der Waals surface area contributed by atoms with Crippen molar-refractivity contribution < 1.29 is 23.0 Å². The lowest BCUT2D eigenvalue weighted by Gasteiger charge is -2.41. The van der Waals surface area contributed by atoms with Crippen LogP contribution in [0.25, 0.3) is 33.5 Å². The summed E-state index contributed by atoms with van der Waals surface area (Å²) in [5, 5.41) is 14.7. The molecule has 4 heterocycles. The van der Waals surface area contributed by atoms with Gasteiger partial charge in [-0.2, -0.15) is 0 Å². The quantitative estimate of drug-likeness (QED) is 0.358. The molecule has 4 aromatic rings. The van der Waals surface area contributed by atoms with E-state index in [1.54, 1.807) is 18.5 Å². The molecule has 37 heavy (non-hydrogen) atoms. The van der Waals surface area contributed by atoms with Crippen LogP contribution in [0.2, 0.25) is 5.02 Å². The van der Waals surface area contributed by atoms with E-state index < -0.39 is 23.6 Å². The van der Waals surface area contributed by atoms with Crippen LogP contribution in [0, 0.1) is 17.5 Å². The highest BCUT2D eigenvalue weighted by atomic mass is 35.5. The second-order valence-corrected chi connectivity index (χ2v) is 9.86. The number of ether oxygens (including phenoxy) is 1. The Hall–Kier alpha value is -3.18. The molecule has 7 nitrogen and oxygen atoms in total. The number of pyridine rings is 1. The maximum Gasteiger partial charge on any atom is 0.161 e. The summed E-state index contributed by atoms with van der Waals surface area (Å²) in [6, 6.07) is 6.42. The summed E-state index contributed by atoms with van der Waals surface area (Å²) >= 11 is 6.17. The molecule has 0 unspecified atom stereocenters. The van der Waals surface area contributed by atoms with Gasteiger partial charge in [0.25, 0.3) is 0 Å². The number of aliphatic hydroxyl groups excluding tert-OH is 1. The van der Waals surface area contributed by atoms with Crippen molar-refractivity contribution >= 4 is 28.3 Å². The third kappa shape index (κ3) is 4.66. The number of anilines is 1. The third-order valence-electron chi connectivity index (χ3n) is 6.86. The van der Waals surface area contributed by atoms with E-state index in [1.807, 2.05) is 4.90 Å². The van der Waals surface area contributed by atoms with Gasteiger partial charge in [-0.15, -0.1) is 0 Å². The summed E-state index contributed by atoms with van der Waals surface area (Å²) in [5.41, 5.74) is 2.86. The Morgan fingerprint density at radius 2 is 1.84 bits per heavy atom. The Bertz CT molecular complexity index is 1420. The lowest BCUT2D eigenvalue weighted by atomic mass is 9.96. The second kappa shape index (κ2) is 9.60. The second-order valence-electron chi connectivity index (χ2n) is 9.42. The Balaban J connectivity index is 1.45. The molecule has 2 saturated heterocycles. The number of halogens is 4. The van der Waals surface area contributed by atoms with Gasteiger partial charge >= 0.3 is 0 Å². The fourth-order valence-corrected chi connectivity index (χ4v) is 5.21. The first-order chi connectivity index (χ1) is 17.9. The summed E-state index contributed by atoms with van der Waals surface area (Å²) in [4.78, 5) is 13.9. The number of hydrogen-bond donors (Lipinski definition) is 3. The highest BCUT2D eigenvalue weighted by molar-refractivity contribution is 6.30. The van der Waals surface area contributed by atoms with Crippen LogP contribution >= 0.6 is 11.6 Å². The first-order valence-corrected chi connectivity index (χ1v) is 12.3. The minimum absolute atomic E-state index is 0.0975. The molecule has 0 bridgehead atoms. The molecule has 2 fully saturated rings. The molecule has 6 rings (SSSR count). The van der Waals surface area contributed by atoms with E-state index in [1.165, 1.54) is 12.1 Å². The Labute approximate surface area is 215 Å². The molecule has 3 N–H and O–H groups in total. The molecule has 2 aromatic carbocycles. The van der Waals surface area contributed by atoms with Crippen molar-refractivity contribution in [3.8, 4) is 22.5 Å². The van der Waals surface area contributed by atoms with Crippen molar-refractivity contribution in [3.63, 3.8) is 0 Å². The molecule has 192 valence electrons. The van der Waals surface area contributed by atoms with Crippen LogP contribution in [0.15, 0.2) is 42.7 Å². The maximum atomic E-state index is 14.3. The summed E-state index contributed by atoms with van der Waals surface area (Å²) in [5.74, 6) is -2.15. The van der Waals surface area contributed by atoms with Crippen molar-refractivity contribution in [2.24, 2.45) is 0 Å². The summed E-state index contributed by atoms with van der Waals surface area (Å²) in [6.07, 6.45) is 3.17. The molecule has 11 heteroatoms. The molecule has 2 aliphatic heterocycles. The monoisotopic (exact) mass is 529 g/mol. The number of aliphatic hydroxyl groups is 1. The van der Waals surface area contributed by atoms with Crippen LogP contribution in [-0.2, 0) is 4.74 Å². The molecule has 0 amide bonds. The van der Waals surface area contributed by atoms with E-state index in [4.69, 9.17) is 16.3 Å². The van der Waals surface area contributed by atoms with E-state index >= 15 is 0 Å². The minimum atomic E-state index is -0.999. The van der Waals surface area contributed by atoms with Crippen molar-refractivity contribution in [1.29, 1.82) is 0 Å². The van der Waals surface area contributed by atoms with E-state index in [-0.39, 0.29) is 22.6 Å². The minimum Gasteiger partial charge on any atom is -0.390 e. The average Bonchev–Trinajstić information content (AvgIpc) is 3.23. The number of H-pyrrole nitrogens is 1. The predicted molar refractivity (Wildman–Crippen MR) is 134 cm³/mol. The number of nitrogens with one attached hydrogen (secondary N) is 2. The molecule has 0 saturated carbocycles. The highest BCUT2D eigenvalue weighted by Crippen LogP contribution is 2.40. The van der Waals surface area contributed by atoms with Gasteiger partial charge in [0, 0.05) is 54.2 Å². The van der Waals surface area contributed by atoms with E-state index in [0.29, 0.717) is 66.4 Å². The van der Waals surface area contributed by atoms with Crippen molar-refractivity contribution in [2.45, 2.75) is 24.6 Å². The number of benzene rings is 2. The molecule has 2 atom stereocenters. The number of fused-ring (bicyclic) bond motifs is 1. The van der Waals surface area contributed by atoms with Crippen LogP contribution in [0.4, 0.5) is 18.9 Å². The number of hydrogen-bond acceptors (Lipinski definition) is 6. The summed E-state index contributed by atoms with van der Waals surface area (Å²) in [7, 11) is 0. The number of aromatic amines is 1. The lowest BCUT2D eigenvalue weighted by molar-refractivity contribution is -0.0214. The largest absolute Gasteiger partial charge is 0.390 e. The maximum absolute atomic E-state index is 14.3. The standard InChI is InChI=1S/C26H23ClF3N5O2/c27-14-3-13(4-15(28)5-14)17-8-31-9-18(26-33-22-6-19(29)20(30)7-23(22)34-26)25(17)35-2-1-21(24(36)10-35)32-16-11-37-12-16/h3-9,16,21,24,32,36H,1-2,10-12H2,(H,33,34)/t21-,24+/m1/s1. The molecule has 2 aromatic heterocycles. The number of rotatable bonds is 5. The van der Waals surface area contributed by atoms with Gasteiger partial charge in [-0.3, -0.25) is 4.98 Å².